The second-order valence-corrected chi connectivity index (χ2v) is 24.5. The molecule has 0 bridgehead atoms. The maximum atomic E-state index is 13.0. The topological polar surface area (TPSA) is 78.9 Å². The minimum atomic E-state index is -0.813. The molecule has 0 aliphatic heterocycles. The third kappa shape index (κ3) is 67.9. The zero-order valence-electron chi connectivity index (χ0n) is 55.0. The number of carbonyl (C=O) groups excluding carboxylic acids is 3. The molecule has 0 fully saturated rings. The number of hydrogen-bond acceptors (Lipinski definition) is 6. The van der Waals surface area contributed by atoms with Crippen molar-refractivity contribution in [1.82, 2.24) is 0 Å². The Kier molecular flexibility index (Phi) is 68.1. The minimum absolute atomic E-state index is 0.0988. The summed E-state index contributed by atoms with van der Waals surface area (Å²) in [5.41, 5.74) is 0. The van der Waals surface area contributed by atoms with Gasteiger partial charge in [0.25, 0.3) is 0 Å². The Bertz CT molecular complexity index is 1460. The van der Waals surface area contributed by atoms with Gasteiger partial charge in [-0.3, -0.25) is 14.4 Å². The number of hydrogen-bond donors (Lipinski definition) is 0. The molecular weight excluding hydrogens is 1010 g/mol. The zero-order chi connectivity index (χ0) is 59.2. The summed E-state index contributed by atoms with van der Waals surface area (Å²) < 4.78 is 16.9. The Hall–Kier alpha value is -2.89. The monoisotopic (exact) mass is 1150 g/mol. The van der Waals surface area contributed by atoms with Crippen LogP contribution in [0.2, 0.25) is 0 Å². The molecule has 1 atom stereocenters. The Morgan fingerprint density at radius 1 is 0.256 bits per heavy atom. The number of rotatable bonds is 67. The molecule has 0 aliphatic carbocycles. The molecule has 6 nitrogen and oxygen atoms in total. The molecule has 1 unspecified atom stereocenters. The SMILES string of the molecule is CC/C=C\C/C=C\C/C=C\C/C=C\C/C=C\CC(=O)OCC(COC(=O)CCCCCCCCCCCCCCCCCCCCCCCCCCC)OC(=O)CCCCCCCCCCCCCCCCCCCCCCCCCC. The number of allylic oxidation sites excluding steroid dienone is 9. The van der Waals surface area contributed by atoms with Crippen LogP contribution in [0.25, 0.3) is 0 Å². The van der Waals surface area contributed by atoms with Crippen LogP contribution in [-0.2, 0) is 28.6 Å². The maximum Gasteiger partial charge on any atom is 0.309 e. The first-order valence-corrected chi connectivity index (χ1v) is 36.3. The van der Waals surface area contributed by atoms with E-state index in [0.29, 0.717) is 12.8 Å². The van der Waals surface area contributed by atoms with E-state index in [1.54, 1.807) is 0 Å². The van der Waals surface area contributed by atoms with Crippen LogP contribution in [-0.4, -0.2) is 37.2 Å². The van der Waals surface area contributed by atoms with Crippen LogP contribution >= 0.6 is 0 Å². The van der Waals surface area contributed by atoms with Crippen molar-refractivity contribution in [3.63, 3.8) is 0 Å². The Balaban J connectivity index is 4.30. The first-order chi connectivity index (χ1) is 40.5. The summed E-state index contributed by atoms with van der Waals surface area (Å²) in [6, 6.07) is 0. The van der Waals surface area contributed by atoms with Gasteiger partial charge in [-0.2, -0.15) is 0 Å². The Morgan fingerprint density at radius 2 is 0.476 bits per heavy atom. The van der Waals surface area contributed by atoms with E-state index in [1.165, 1.54) is 276 Å². The second kappa shape index (κ2) is 70.6. The van der Waals surface area contributed by atoms with Crippen molar-refractivity contribution < 1.29 is 28.6 Å². The predicted molar refractivity (Wildman–Crippen MR) is 358 cm³/mol. The summed E-state index contributed by atoms with van der Waals surface area (Å²) in [5, 5.41) is 0. The van der Waals surface area contributed by atoms with E-state index >= 15 is 0 Å². The van der Waals surface area contributed by atoms with Gasteiger partial charge in [-0.15, -0.1) is 0 Å². The fourth-order valence-corrected chi connectivity index (χ4v) is 10.9. The average molecular weight is 1150 g/mol. The summed E-state index contributed by atoms with van der Waals surface area (Å²) in [7, 11) is 0. The summed E-state index contributed by atoms with van der Waals surface area (Å²) in [6.45, 7) is 6.52. The van der Waals surface area contributed by atoms with Crippen molar-refractivity contribution in [2.45, 2.75) is 393 Å². The van der Waals surface area contributed by atoms with Crippen LogP contribution < -0.4 is 0 Å². The zero-order valence-corrected chi connectivity index (χ0v) is 55.0. The summed E-state index contributed by atoms with van der Waals surface area (Å²) in [4.78, 5) is 38.4. The van der Waals surface area contributed by atoms with Crippen molar-refractivity contribution in [1.29, 1.82) is 0 Å². The number of ether oxygens (including phenoxy) is 3. The second-order valence-electron chi connectivity index (χ2n) is 24.5. The van der Waals surface area contributed by atoms with Crippen LogP contribution in [0, 0.1) is 0 Å². The van der Waals surface area contributed by atoms with E-state index in [4.69, 9.17) is 14.2 Å². The molecule has 82 heavy (non-hydrogen) atoms. The van der Waals surface area contributed by atoms with Crippen molar-refractivity contribution >= 4 is 17.9 Å². The summed E-state index contributed by atoms with van der Waals surface area (Å²) >= 11 is 0. The normalized spacial score (nSPS) is 12.4. The third-order valence-corrected chi connectivity index (χ3v) is 16.3. The van der Waals surface area contributed by atoms with Gasteiger partial charge in [0.2, 0.25) is 0 Å². The molecule has 0 amide bonds. The van der Waals surface area contributed by atoms with Gasteiger partial charge in [0.1, 0.15) is 13.2 Å². The van der Waals surface area contributed by atoms with Gasteiger partial charge in [-0.05, 0) is 44.9 Å². The first kappa shape index (κ1) is 79.1. The molecule has 0 saturated carbocycles. The van der Waals surface area contributed by atoms with Gasteiger partial charge in [0.05, 0.1) is 6.42 Å². The molecule has 0 saturated heterocycles. The lowest BCUT2D eigenvalue weighted by atomic mass is 10.0. The van der Waals surface area contributed by atoms with Crippen LogP contribution in [0.3, 0.4) is 0 Å². The smallest absolute Gasteiger partial charge is 0.309 e. The van der Waals surface area contributed by atoms with Gasteiger partial charge in [0, 0.05) is 12.8 Å². The van der Waals surface area contributed by atoms with Crippen molar-refractivity contribution in [3.8, 4) is 0 Å². The molecule has 0 aromatic carbocycles. The highest BCUT2D eigenvalue weighted by Crippen LogP contribution is 2.19. The predicted octanol–water partition coefficient (Wildman–Crippen LogP) is 25.1. The van der Waals surface area contributed by atoms with Gasteiger partial charge in [-0.25, -0.2) is 0 Å². The Labute approximate surface area is 510 Å². The van der Waals surface area contributed by atoms with Gasteiger partial charge < -0.3 is 14.2 Å². The molecule has 0 radical (unpaired) electrons. The molecule has 0 N–H and O–H groups in total. The average Bonchev–Trinajstić information content (AvgIpc) is 3.48. The lowest BCUT2D eigenvalue weighted by Gasteiger charge is -2.18. The molecule has 478 valence electrons. The van der Waals surface area contributed by atoms with Crippen LogP contribution in [0.5, 0.6) is 0 Å². The quantitative estimate of drug-likeness (QED) is 0.0261. The molecule has 0 aromatic heterocycles. The molecule has 0 heterocycles. The summed E-state index contributed by atoms with van der Waals surface area (Å²) in [6.07, 6.45) is 91.5. The number of unbranched alkanes of at least 4 members (excludes halogenated alkanes) is 47. The van der Waals surface area contributed by atoms with Crippen LogP contribution in [0.4, 0.5) is 0 Å². The highest BCUT2D eigenvalue weighted by atomic mass is 16.6. The highest BCUT2D eigenvalue weighted by Gasteiger charge is 2.19. The molecule has 0 spiro atoms. The van der Waals surface area contributed by atoms with Crippen LogP contribution in [0.1, 0.15) is 387 Å². The lowest BCUT2D eigenvalue weighted by molar-refractivity contribution is -0.166. The maximum absolute atomic E-state index is 13.0. The van der Waals surface area contributed by atoms with Crippen LogP contribution in [0.15, 0.2) is 60.8 Å². The van der Waals surface area contributed by atoms with Crippen molar-refractivity contribution in [2.75, 3.05) is 13.2 Å². The van der Waals surface area contributed by atoms with Crippen molar-refractivity contribution in [3.05, 3.63) is 60.8 Å². The van der Waals surface area contributed by atoms with E-state index in [2.05, 4.69) is 69.4 Å². The largest absolute Gasteiger partial charge is 0.462 e. The Morgan fingerprint density at radius 3 is 0.744 bits per heavy atom. The van der Waals surface area contributed by atoms with E-state index in [-0.39, 0.29) is 31.6 Å². The van der Waals surface area contributed by atoms with Gasteiger partial charge in [0.15, 0.2) is 6.10 Å². The summed E-state index contributed by atoms with van der Waals surface area (Å²) in [5.74, 6) is -1.01. The van der Waals surface area contributed by atoms with Crippen molar-refractivity contribution in [2.24, 2.45) is 0 Å². The molecular formula is C76H138O6. The fourth-order valence-electron chi connectivity index (χ4n) is 10.9. The fraction of sp³-hybridized carbons (Fsp3) is 0.829. The van der Waals surface area contributed by atoms with Gasteiger partial charge >= 0.3 is 17.9 Å². The van der Waals surface area contributed by atoms with E-state index in [9.17, 15) is 14.4 Å². The molecule has 0 rings (SSSR count). The molecule has 0 aliphatic rings. The standard InChI is InChI=1S/C76H138O6/c1-4-7-10-13-16-19-22-25-28-30-32-34-36-38-40-41-43-45-48-51-54-57-60-63-66-69-75(78)81-72-73(71-80-74(77)68-65-62-59-56-53-50-47-27-24-21-18-15-12-9-6-3)82-76(79)70-67-64-61-58-55-52-49-46-44-42-39-37-35-33-31-29-26-23-20-17-14-11-8-5-2/h9,12,18,21,27,47,53,56,62,65,73H,4-8,10-11,13-17,19-20,22-26,28-46,48-52,54-55,57-61,63-64,66-72H2,1-3H3/b12-9-,21-18-,47-27-,56-53-,65-62-. The number of carbonyl (C=O) groups is 3. The van der Waals surface area contributed by atoms with E-state index in [0.717, 1.165) is 70.6 Å². The molecule has 0 aromatic rings. The minimum Gasteiger partial charge on any atom is -0.462 e. The van der Waals surface area contributed by atoms with Gasteiger partial charge in [-0.1, -0.05) is 383 Å². The highest BCUT2D eigenvalue weighted by molar-refractivity contribution is 5.72. The van der Waals surface area contributed by atoms with E-state index < -0.39 is 12.1 Å². The first-order valence-electron chi connectivity index (χ1n) is 36.3. The third-order valence-electron chi connectivity index (χ3n) is 16.3. The van der Waals surface area contributed by atoms with E-state index in [1.807, 2.05) is 12.2 Å². The number of esters is 3. The lowest BCUT2D eigenvalue weighted by Crippen LogP contribution is -2.30. The molecule has 6 heteroatoms.